The topological polar surface area (TPSA) is 47.9 Å². The summed E-state index contributed by atoms with van der Waals surface area (Å²) in [6, 6.07) is 0. The second kappa shape index (κ2) is 5.17. The van der Waals surface area contributed by atoms with Gasteiger partial charge in [0.2, 0.25) is 0 Å². The summed E-state index contributed by atoms with van der Waals surface area (Å²) in [5.74, 6) is 2.13. The molecule has 0 amide bonds. The van der Waals surface area contributed by atoms with E-state index in [1.165, 1.54) is 19.3 Å². The molecule has 2 saturated carbocycles. The molecule has 2 bridgehead atoms. The highest BCUT2D eigenvalue weighted by Gasteiger charge is 2.67. The fourth-order valence-electron chi connectivity index (χ4n) is 6.00. The normalized spacial score (nSPS) is 57.3. The summed E-state index contributed by atoms with van der Waals surface area (Å²) in [5.41, 5.74) is -0.457. The third-order valence-corrected chi connectivity index (χ3v) is 7.24. The molecule has 22 heavy (non-hydrogen) atoms. The molecule has 0 radical (unpaired) electrons. The van der Waals surface area contributed by atoms with Gasteiger partial charge in [0.1, 0.15) is 11.2 Å². The van der Waals surface area contributed by atoms with Crippen LogP contribution in [0.1, 0.15) is 59.3 Å². The summed E-state index contributed by atoms with van der Waals surface area (Å²) in [6.45, 7) is 7.03. The minimum Gasteiger partial charge on any atom is -0.396 e. The van der Waals surface area contributed by atoms with Crippen molar-refractivity contribution < 1.29 is 19.6 Å². The van der Waals surface area contributed by atoms with Gasteiger partial charge in [0.25, 0.3) is 0 Å². The van der Waals surface area contributed by atoms with Gasteiger partial charge in [0.05, 0.1) is 12.2 Å². The van der Waals surface area contributed by atoms with E-state index < -0.39 is 0 Å². The first-order valence-electron chi connectivity index (χ1n) is 9.13. The van der Waals surface area contributed by atoms with E-state index >= 15 is 0 Å². The second-order valence-corrected chi connectivity index (χ2v) is 8.52. The molecule has 1 N–H and O–H groups in total. The van der Waals surface area contributed by atoms with Crippen LogP contribution in [-0.4, -0.2) is 35.1 Å². The Morgan fingerprint density at radius 2 is 1.91 bits per heavy atom. The van der Waals surface area contributed by atoms with E-state index in [0.717, 1.165) is 19.3 Å². The van der Waals surface area contributed by atoms with Crippen LogP contribution in [0.15, 0.2) is 0 Å². The van der Waals surface area contributed by atoms with E-state index in [0.29, 0.717) is 23.7 Å². The summed E-state index contributed by atoms with van der Waals surface area (Å²) in [6.07, 6.45) is 6.68. The van der Waals surface area contributed by atoms with Crippen molar-refractivity contribution in [2.45, 2.75) is 82.7 Å². The van der Waals surface area contributed by atoms with Crippen molar-refractivity contribution in [2.24, 2.45) is 23.7 Å². The molecule has 0 unspecified atom stereocenters. The predicted molar refractivity (Wildman–Crippen MR) is 82.1 cm³/mol. The average Bonchev–Trinajstić information content (AvgIpc) is 2.71. The van der Waals surface area contributed by atoms with E-state index in [2.05, 4.69) is 20.8 Å². The third kappa shape index (κ3) is 1.97. The monoisotopic (exact) mass is 310 g/mol. The maximum Gasteiger partial charge on any atom is 0.136 e. The third-order valence-electron chi connectivity index (χ3n) is 7.24. The first-order valence-corrected chi connectivity index (χ1v) is 9.13. The zero-order valence-electron chi connectivity index (χ0n) is 14.1. The average molecular weight is 310 g/mol. The smallest absolute Gasteiger partial charge is 0.136 e. The summed E-state index contributed by atoms with van der Waals surface area (Å²) in [5, 5.41) is 9.40. The maximum atomic E-state index is 9.40. The molecular formula is C18H30O4. The number of hydrogen-bond donors (Lipinski definition) is 1. The van der Waals surface area contributed by atoms with Crippen molar-refractivity contribution in [1.82, 2.24) is 0 Å². The van der Waals surface area contributed by atoms with E-state index in [1.807, 2.05) is 0 Å². The molecule has 8 atom stereocenters. The lowest BCUT2D eigenvalue weighted by Crippen LogP contribution is -2.69. The van der Waals surface area contributed by atoms with E-state index in [4.69, 9.17) is 14.5 Å². The number of rotatable bonds is 2. The SMILES string of the molecule is C[C@H]1[C@@H](CCO)O[C@@H]2C[C@]3(C)CC[C@H]4[C@H](C)CC[C@@H]1[C@@]24OO3. The molecule has 0 aromatic rings. The van der Waals surface area contributed by atoms with Crippen molar-refractivity contribution in [3.8, 4) is 0 Å². The number of aliphatic hydroxyl groups excluding tert-OH is 1. The molecule has 3 saturated heterocycles. The van der Waals surface area contributed by atoms with Crippen LogP contribution in [0.25, 0.3) is 0 Å². The Balaban J connectivity index is 1.75. The Morgan fingerprint density at radius 3 is 2.68 bits per heavy atom. The molecule has 2 aliphatic carbocycles. The van der Waals surface area contributed by atoms with Gasteiger partial charge in [-0.05, 0) is 62.7 Å². The highest BCUT2D eigenvalue weighted by atomic mass is 17.2. The molecule has 5 fully saturated rings. The van der Waals surface area contributed by atoms with Crippen molar-refractivity contribution in [1.29, 1.82) is 0 Å². The Bertz CT molecular complexity index is 441. The lowest BCUT2D eigenvalue weighted by Gasteiger charge is -2.61. The minimum absolute atomic E-state index is 0.124. The van der Waals surface area contributed by atoms with Crippen LogP contribution < -0.4 is 0 Å². The van der Waals surface area contributed by atoms with Crippen molar-refractivity contribution in [3.05, 3.63) is 0 Å². The molecule has 5 aliphatic rings. The van der Waals surface area contributed by atoms with Crippen LogP contribution in [0.2, 0.25) is 0 Å². The molecule has 126 valence electrons. The Labute approximate surface area is 133 Å². The highest BCUT2D eigenvalue weighted by molar-refractivity contribution is 5.13. The van der Waals surface area contributed by atoms with Crippen LogP contribution in [0.3, 0.4) is 0 Å². The number of aliphatic hydroxyl groups is 1. The molecule has 4 nitrogen and oxygen atoms in total. The van der Waals surface area contributed by atoms with Gasteiger partial charge in [-0.1, -0.05) is 13.8 Å². The van der Waals surface area contributed by atoms with Gasteiger partial charge in [-0.3, -0.25) is 0 Å². The van der Waals surface area contributed by atoms with Crippen molar-refractivity contribution in [3.63, 3.8) is 0 Å². The van der Waals surface area contributed by atoms with Crippen LogP contribution in [0.4, 0.5) is 0 Å². The quantitative estimate of drug-likeness (QED) is 0.796. The Kier molecular flexibility index (Phi) is 3.61. The molecule has 3 aliphatic heterocycles. The summed E-state index contributed by atoms with van der Waals surface area (Å²) in [4.78, 5) is 12.2. The van der Waals surface area contributed by atoms with Gasteiger partial charge in [-0.25, -0.2) is 9.78 Å². The standard InChI is InChI=1S/C18H30O4/c1-11-4-5-14-12(2)15(7-9-19)20-16-10-17(3)8-6-13(11)18(14,16)22-21-17/h11-16,19H,4-10H2,1-3H3/t11-,12-,13+,14+,15-,16-,17+,18-/m1/s1. The first kappa shape index (κ1) is 15.4. The van der Waals surface area contributed by atoms with Crippen LogP contribution in [-0.2, 0) is 14.5 Å². The lowest BCUT2D eigenvalue weighted by molar-refractivity contribution is -0.487. The van der Waals surface area contributed by atoms with Crippen LogP contribution in [0.5, 0.6) is 0 Å². The van der Waals surface area contributed by atoms with Gasteiger partial charge >= 0.3 is 0 Å². The molecule has 0 aromatic carbocycles. The van der Waals surface area contributed by atoms with E-state index in [-0.39, 0.29) is 30.0 Å². The summed E-state index contributed by atoms with van der Waals surface area (Å²) < 4.78 is 6.53. The molecular weight excluding hydrogens is 280 g/mol. The van der Waals surface area contributed by atoms with E-state index in [1.54, 1.807) is 0 Å². The zero-order valence-corrected chi connectivity index (χ0v) is 14.1. The van der Waals surface area contributed by atoms with Crippen molar-refractivity contribution >= 4 is 0 Å². The van der Waals surface area contributed by atoms with Crippen LogP contribution >= 0.6 is 0 Å². The van der Waals surface area contributed by atoms with Gasteiger partial charge in [0.15, 0.2) is 0 Å². The number of hydrogen-bond acceptors (Lipinski definition) is 4. The van der Waals surface area contributed by atoms with Gasteiger partial charge < -0.3 is 9.84 Å². The van der Waals surface area contributed by atoms with Gasteiger partial charge in [0, 0.05) is 13.0 Å². The van der Waals surface area contributed by atoms with Crippen molar-refractivity contribution in [2.75, 3.05) is 6.61 Å². The largest absolute Gasteiger partial charge is 0.396 e. The molecule has 1 spiro atoms. The summed E-state index contributed by atoms with van der Waals surface area (Å²) >= 11 is 0. The van der Waals surface area contributed by atoms with Crippen LogP contribution in [0, 0.1) is 23.7 Å². The molecule has 0 aromatic heterocycles. The minimum atomic E-state index is -0.251. The highest BCUT2D eigenvalue weighted by Crippen LogP contribution is 2.61. The zero-order chi connectivity index (χ0) is 15.5. The molecule has 5 rings (SSSR count). The Hall–Kier alpha value is -0.160. The Morgan fingerprint density at radius 1 is 1.09 bits per heavy atom. The fraction of sp³-hybridized carbons (Fsp3) is 1.00. The van der Waals surface area contributed by atoms with E-state index in [9.17, 15) is 5.11 Å². The summed E-state index contributed by atoms with van der Waals surface area (Å²) in [7, 11) is 0. The maximum absolute atomic E-state index is 9.40. The van der Waals surface area contributed by atoms with Gasteiger partial charge in [-0.15, -0.1) is 0 Å². The number of ether oxygens (including phenoxy) is 1. The fourth-order valence-corrected chi connectivity index (χ4v) is 6.00. The molecule has 3 heterocycles. The lowest BCUT2D eigenvalue weighted by atomic mass is 9.56. The predicted octanol–water partition coefficient (Wildman–Crippen LogP) is 3.08. The molecule has 4 heteroatoms. The first-order chi connectivity index (χ1) is 10.5. The number of fused-ring (bicyclic) bond motifs is 2. The second-order valence-electron chi connectivity index (χ2n) is 8.52. The van der Waals surface area contributed by atoms with Gasteiger partial charge in [-0.2, -0.15) is 0 Å².